The second-order valence-corrected chi connectivity index (χ2v) is 7.00. The molecule has 0 amide bonds. The maximum absolute atomic E-state index is 13.4. The molecule has 1 N–H and O–H groups in total. The number of nitrogens with zero attached hydrogens (tertiary/aromatic N) is 4. The molecule has 0 bridgehead atoms. The Hall–Kier alpha value is -4.21. The van der Waals surface area contributed by atoms with E-state index in [-0.39, 0.29) is 11.8 Å². The molecule has 184 valence electrons. The van der Waals surface area contributed by atoms with Crippen LogP contribution in [0.2, 0.25) is 5.02 Å². The summed E-state index contributed by atoms with van der Waals surface area (Å²) >= 11 is 5.56. The molecular weight excluding hydrogens is 516 g/mol. The number of hydrogen-bond donors (Lipinski definition) is 1. The summed E-state index contributed by atoms with van der Waals surface area (Å²) in [5.74, 6) is -1.01. The summed E-state index contributed by atoms with van der Waals surface area (Å²) in [6.45, 7) is 0. The molecule has 0 unspecified atom stereocenters. The smallest absolute Gasteiger partial charge is 0.319 e. The Morgan fingerprint density at radius 1 is 0.914 bits per heavy atom. The number of nitro groups is 2. The third kappa shape index (κ3) is 5.16. The first-order valence-corrected chi connectivity index (χ1v) is 9.26. The summed E-state index contributed by atoms with van der Waals surface area (Å²) < 4.78 is 79.4. The van der Waals surface area contributed by atoms with Gasteiger partial charge in [0.05, 0.1) is 21.1 Å². The van der Waals surface area contributed by atoms with Crippen LogP contribution in [-0.2, 0) is 12.4 Å². The second-order valence-electron chi connectivity index (χ2n) is 6.62. The minimum Gasteiger partial charge on any atom is -0.319 e. The van der Waals surface area contributed by atoms with Gasteiger partial charge >= 0.3 is 12.4 Å². The fraction of sp³-hybridized carbons (Fsp3) is 0.111. The van der Waals surface area contributed by atoms with E-state index in [1.807, 2.05) is 0 Å². The molecule has 0 atom stereocenters. The first kappa shape index (κ1) is 25.4. The molecule has 1 aromatic heterocycles. The van der Waals surface area contributed by atoms with E-state index in [0.29, 0.717) is 16.7 Å². The van der Waals surface area contributed by atoms with Crippen molar-refractivity contribution in [3.05, 3.63) is 89.3 Å². The van der Waals surface area contributed by atoms with Gasteiger partial charge in [0, 0.05) is 18.2 Å². The molecular formula is C18H8ClF6N5O5. The number of anilines is 2. The van der Waals surface area contributed by atoms with Crippen LogP contribution in [0.15, 0.2) is 47.3 Å². The maximum atomic E-state index is 13.4. The minimum atomic E-state index is -5.26. The number of hydrogen-bond acceptors (Lipinski definition) is 7. The largest absolute Gasteiger partial charge is 0.435 e. The van der Waals surface area contributed by atoms with Crippen LogP contribution in [0.5, 0.6) is 0 Å². The Morgan fingerprint density at radius 2 is 1.51 bits per heavy atom. The van der Waals surface area contributed by atoms with Gasteiger partial charge < -0.3 is 5.32 Å². The third-order valence-electron chi connectivity index (χ3n) is 4.38. The third-order valence-corrected chi connectivity index (χ3v) is 4.72. The highest BCUT2D eigenvalue weighted by Gasteiger charge is 2.39. The van der Waals surface area contributed by atoms with Gasteiger partial charge in [0.1, 0.15) is 10.7 Å². The number of rotatable bonds is 5. The van der Waals surface area contributed by atoms with Crippen molar-refractivity contribution in [3.8, 4) is 5.69 Å². The van der Waals surface area contributed by atoms with Crippen LogP contribution in [0.3, 0.4) is 0 Å². The Kier molecular flexibility index (Phi) is 6.43. The van der Waals surface area contributed by atoms with Crippen LogP contribution in [-0.4, -0.2) is 19.4 Å². The lowest BCUT2D eigenvalue weighted by Gasteiger charge is -2.17. The Labute approximate surface area is 193 Å². The van der Waals surface area contributed by atoms with E-state index in [1.54, 1.807) is 0 Å². The van der Waals surface area contributed by atoms with E-state index >= 15 is 0 Å². The van der Waals surface area contributed by atoms with Gasteiger partial charge in [-0.15, -0.1) is 0 Å². The van der Waals surface area contributed by atoms with Gasteiger partial charge in [0.25, 0.3) is 16.9 Å². The Bertz CT molecular complexity index is 1390. The summed E-state index contributed by atoms with van der Waals surface area (Å²) in [6, 6.07) is 4.83. The van der Waals surface area contributed by atoms with Crippen molar-refractivity contribution < 1.29 is 36.2 Å². The number of alkyl halides is 6. The second kappa shape index (κ2) is 8.86. The minimum absolute atomic E-state index is 0.136. The van der Waals surface area contributed by atoms with E-state index in [9.17, 15) is 51.4 Å². The monoisotopic (exact) mass is 523 g/mol. The highest BCUT2D eigenvalue weighted by molar-refractivity contribution is 6.31. The number of halogens is 7. The van der Waals surface area contributed by atoms with Gasteiger partial charge in [0.2, 0.25) is 5.95 Å². The average Bonchev–Trinajstić information content (AvgIpc) is 2.75. The molecule has 0 aliphatic carbocycles. The average molecular weight is 524 g/mol. The fourth-order valence-corrected chi connectivity index (χ4v) is 3.05. The van der Waals surface area contributed by atoms with Gasteiger partial charge in [-0.05, 0) is 24.3 Å². The van der Waals surface area contributed by atoms with Crippen molar-refractivity contribution >= 4 is 34.6 Å². The van der Waals surface area contributed by atoms with Crippen LogP contribution >= 0.6 is 11.6 Å². The Morgan fingerprint density at radius 3 is 2.00 bits per heavy atom. The zero-order chi connectivity index (χ0) is 26.3. The molecule has 35 heavy (non-hydrogen) atoms. The van der Waals surface area contributed by atoms with E-state index in [4.69, 9.17) is 11.6 Å². The normalized spacial score (nSPS) is 11.9. The molecule has 0 radical (unpaired) electrons. The molecule has 0 aliphatic heterocycles. The lowest BCUT2D eigenvalue weighted by Crippen LogP contribution is -2.27. The van der Waals surface area contributed by atoms with Crippen molar-refractivity contribution in [1.82, 2.24) is 9.55 Å². The molecule has 0 fully saturated rings. The number of non-ortho nitro benzene ring substituents is 1. The zero-order valence-corrected chi connectivity index (χ0v) is 17.3. The fourth-order valence-electron chi connectivity index (χ4n) is 2.82. The first-order valence-electron chi connectivity index (χ1n) is 8.88. The molecule has 1 heterocycles. The summed E-state index contributed by atoms with van der Waals surface area (Å²) in [7, 11) is 0. The predicted molar refractivity (Wildman–Crippen MR) is 108 cm³/mol. The van der Waals surface area contributed by atoms with Gasteiger partial charge in [-0.3, -0.25) is 25.0 Å². The van der Waals surface area contributed by atoms with E-state index in [0.717, 1.165) is 24.3 Å². The molecule has 3 aromatic rings. The van der Waals surface area contributed by atoms with Crippen LogP contribution in [0, 0.1) is 20.2 Å². The number of nitro benzene ring substituents is 2. The molecule has 3 rings (SSSR count). The lowest BCUT2D eigenvalue weighted by atomic mass is 10.1. The van der Waals surface area contributed by atoms with Crippen molar-refractivity contribution in [2.75, 3.05) is 5.32 Å². The summed E-state index contributed by atoms with van der Waals surface area (Å²) in [6.07, 6.45) is -10.2. The van der Waals surface area contributed by atoms with Crippen molar-refractivity contribution in [1.29, 1.82) is 0 Å². The summed E-state index contributed by atoms with van der Waals surface area (Å²) in [5.41, 5.74) is -7.46. The van der Waals surface area contributed by atoms with Crippen LogP contribution in [0.25, 0.3) is 5.69 Å². The Balaban J connectivity index is 2.28. The van der Waals surface area contributed by atoms with Crippen molar-refractivity contribution in [3.63, 3.8) is 0 Å². The highest BCUT2D eigenvalue weighted by Crippen LogP contribution is 2.37. The molecule has 0 aliphatic rings. The highest BCUT2D eigenvalue weighted by atomic mass is 35.5. The van der Waals surface area contributed by atoms with Gasteiger partial charge in [0.15, 0.2) is 5.69 Å². The molecule has 0 saturated carbocycles. The molecule has 17 heteroatoms. The lowest BCUT2D eigenvalue weighted by molar-refractivity contribution is -0.384. The van der Waals surface area contributed by atoms with E-state index < -0.39 is 67.0 Å². The van der Waals surface area contributed by atoms with Crippen molar-refractivity contribution in [2.24, 2.45) is 0 Å². The standard InChI is InChI=1S/C18H8ClF6N5O5/c19-13-14(18(23,24)25)27-16(28(15(13)31)9-2-4-10(5-3-9)29(32)33)26-11-6-1-8(17(20,21)22)7-12(11)30(34)35/h1-7H,(H,26,27). The SMILES string of the molecule is O=c1c(Cl)c(C(F)(F)F)nc(Nc2ccc(C(F)(F)F)cc2[N+](=O)[O-])n1-c1ccc([N+](=O)[O-])cc1. The number of aromatic nitrogens is 2. The van der Waals surface area contributed by atoms with Gasteiger partial charge in [-0.25, -0.2) is 9.55 Å². The molecule has 0 saturated heterocycles. The summed E-state index contributed by atoms with van der Waals surface area (Å²) in [5, 5.41) is 22.9. The van der Waals surface area contributed by atoms with Crippen LogP contribution in [0.1, 0.15) is 11.3 Å². The molecule has 0 spiro atoms. The van der Waals surface area contributed by atoms with Crippen LogP contribution < -0.4 is 10.9 Å². The van der Waals surface area contributed by atoms with E-state index in [2.05, 4.69) is 10.3 Å². The summed E-state index contributed by atoms with van der Waals surface area (Å²) in [4.78, 5) is 36.1. The van der Waals surface area contributed by atoms with Crippen LogP contribution in [0.4, 0.5) is 49.4 Å². The maximum Gasteiger partial charge on any atom is 0.435 e. The zero-order valence-electron chi connectivity index (χ0n) is 16.5. The van der Waals surface area contributed by atoms with Gasteiger partial charge in [-0.2, -0.15) is 26.3 Å². The van der Waals surface area contributed by atoms with Crippen molar-refractivity contribution in [2.45, 2.75) is 12.4 Å². The van der Waals surface area contributed by atoms with E-state index in [1.165, 1.54) is 0 Å². The molecule has 2 aromatic carbocycles. The number of nitrogens with one attached hydrogen (secondary N) is 1. The first-order chi connectivity index (χ1) is 16.1. The molecule has 10 nitrogen and oxygen atoms in total. The topological polar surface area (TPSA) is 133 Å². The number of benzene rings is 2. The quantitative estimate of drug-likeness (QED) is 0.266. The predicted octanol–water partition coefficient (Wildman–Crippen LogP) is 5.48. The van der Waals surface area contributed by atoms with Gasteiger partial charge in [-0.1, -0.05) is 11.6 Å².